The van der Waals surface area contributed by atoms with Crippen LogP contribution in [0.2, 0.25) is 0 Å². The summed E-state index contributed by atoms with van der Waals surface area (Å²) >= 11 is 0. The standard InChI is InChI=1S/C18H13F2N3O/c19-14-7-6-11(8-15(14)20)13-9-16(24)22-18-17(13)21-10-23(18)12-4-2-1-3-5-12/h1-8,10,13H,9H2,(H,22,24)/t13-/m1/s1. The Balaban J connectivity index is 1.82. The second-order valence-electron chi connectivity index (χ2n) is 5.66. The van der Waals surface area contributed by atoms with Crippen LogP contribution in [0.1, 0.15) is 23.6 Å². The molecule has 0 saturated carbocycles. The number of para-hydroxylation sites is 1. The number of hydrogen-bond donors (Lipinski definition) is 1. The van der Waals surface area contributed by atoms with Gasteiger partial charge in [0.05, 0.1) is 5.69 Å². The Morgan fingerprint density at radius 2 is 1.88 bits per heavy atom. The number of carbonyl (C=O) groups is 1. The van der Waals surface area contributed by atoms with Crippen molar-refractivity contribution in [3.05, 3.63) is 77.8 Å². The Hall–Kier alpha value is -3.02. The van der Waals surface area contributed by atoms with Crippen LogP contribution < -0.4 is 5.32 Å². The molecular weight excluding hydrogens is 312 g/mol. The molecule has 1 aliphatic heterocycles. The number of hydrogen-bond acceptors (Lipinski definition) is 2. The van der Waals surface area contributed by atoms with Crippen LogP contribution in [0.25, 0.3) is 5.69 Å². The molecular formula is C18H13F2N3O. The Labute approximate surface area is 136 Å². The lowest BCUT2D eigenvalue weighted by Crippen LogP contribution is -2.25. The van der Waals surface area contributed by atoms with Gasteiger partial charge in [0, 0.05) is 18.0 Å². The molecule has 1 atom stereocenters. The van der Waals surface area contributed by atoms with Gasteiger partial charge in [0.2, 0.25) is 5.91 Å². The molecule has 3 aromatic rings. The number of nitrogens with zero attached hydrogens (tertiary/aromatic N) is 2. The second-order valence-corrected chi connectivity index (χ2v) is 5.66. The van der Waals surface area contributed by atoms with Crippen molar-refractivity contribution in [1.29, 1.82) is 0 Å². The summed E-state index contributed by atoms with van der Waals surface area (Å²) in [5, 5.41) is 2.83. The van der Waals surface area contributed by atoms with Gasteiger partial charge in [-0.3, -0.25) is 9.36 Å². The van der Waals surface area contributed by atoms with Crippen molar-refractivity contribution in [2.45, 2.75) is 12.3 Å². The highest BCUT2D eigenvalue weighted by Gasteiger charge is 2.31. The maximum atomic E-state index is 13.6. The maximum absolute atomic E-state index is 13.6. The van der Waals surface area contributed by atoms with Crippen molar-refractivity contribution in [3.8, 4) is 5.69 Å². The third kappa shape index (κ3) is 2.36. The molecule has 0 spiro atoms. The van der Waals surface area contributed by atoms with E-state index in [-0.39, 0.29) is 12.3 Å². The zero-order chi connectivity index (χ0) is 16.7. The van der Waals surface area contributed by atoms with Crippen molar-refractivity contribution in [3.63, 3.8) is 0 Å². The molecule has 0 saturated heterocycles. The molecule has 0 aliphatic carbocycles. The van der Waals surface area contributed by atoms with Gasteiger partial charge in [-0.1, -0.05) is 24.3 Å². The van der Waals surface area contributed by atoms with Crippen LogP contribution in [0.4, 0.5) is 14.6 Å². The van der Waals surface area contributed by atoms with E-state index in [1.54, 1.807) is 10.9 Å². The molecule has 6 heteroatoms. The Bertz CT molecular complexity index is 921. The number of benzene rings is 2. The number of imidazole rings is 1. The first kappa shape index (κ1) is 14.6. The third-order valence-corrected chi connectivity index (χ3v) is 4.15. The third-order valence-electron chi connectivity index (χ3n) is 4.15. The van der Waals surface area contributed by atoms with Gasteiger partial charge in [-0.2, -0.15) is 0 Å². The van der Waals surface area contributed by atoms with Crippen LogP contribution in [-0.2, 0) is 4.79 Å². The summed E-state index contributed by atoms with van der Waals surface area (Å²) in [6, 6.07) is 13.2. The SMILES string of the molecule is O=C1C[C@H](c2ccc(F)c(F)c2)c2ncn(-c3ccccc3)c2N1. The van der Waals surface area contributed by atoms with Crippen LogP contribution >= 0.6 is 0 Å². The van der Waals surface area contributed by atoms with Gasteiger partial charge in [-0.25, -0.2) is 13.8 Å². The fourth-order valence-corrected chi connectivity index (χ4v) is 3.00. The first-order chi connectivity index (χ1) is 11.6. The number of amides is 1. The first-order valence-electron chi connectivity index (χ1n) is 7.51. The van der Waals surface area contributed by atoms with Crippen molar-refractivity contribution < 1.29 is 13.6 Å². The highest BCUT2D eigenvalue weighted by molar-refractivity contribution is 5.94. The Morgan fingerprint density at radius 3 is 2.62 bits per heavy atom. The highest BCUT2D eigenvalue weighted by atomic mass is 19.2. The topological polar surface area (TPSA) is 46.9 Å². The lowest BCUT2D eigenvalue weighted by molar-refractivity contribution is -0.116. The average Bonchev–Trinajstić information content (AvgIpc) is 3.01. The van der Waals surface area contributed by atoms with E-state index in [2.05, 4.69) is 10.3 Å². The van der Waals surface area contributed by atoms with Crippen molar-refractivity contribution in [1.82, 2.24) is 9.55 Å². The van der Waals surface area contributed by atoms with Gasteiger partial charge in [0.1, 0.15) is 12.1 Å². The van der Waals surface area contributed by atoms with Gasteiger partial charge in [-0.05, 0) is 29.8 Å². The summed E-state index contributed by atoms with van der Waals surface area (Å²) in [4.78, 5) is 16.5. The number of fused-ring (bicyclic) bond motifs is 1. The van der Waals surface area contributed by atoms with E-state index in [0.717, 1.165) is 17.8 Å². The maximum Gasteiger partial charge on any atom is 0.226 e. The number of carbonyl (C=O) groups excluding carboxylic acids is 1. The minimum atomic E-state index is -0.928. The molecule has 4 nitrogen and oxygen atoms in total. The summed E-state index contributed by atoms with van der Waals surface area (Å²) in [5.74, 6) is -1.87. The zero-order valence-electron chi connectivity index (χ0n) is 12.5. The molecule has 0 radical (unpaired) electrons. The molecule has 1 amide bonds. The molecule has 1 aliphatic rings. The molecule has 24 heavy (non-hydrogen) atoms. The fourth-order valence-electron chi connectivity index (χ4n) is 3.00. The van der Waals surface area contributed by atoms with Gasteiger partial charge >= 0.3 is 0 Å². The number of rotatable bonds is 2. The predicted molar refractivity (Wildman–Crippen MR) is 85.0 cm³/mol. The van der Waals surface area contributed by atoms with E-state index in [0.29, 0.717) is 17.1 Å². The minimum absolute atomic E-state index is 0.143. The van der Waals surface area contributed by atoms with Gasteiger partial charge in [0.15, 0.2) is 11.6 Å². The minimum Gasteiger partial charge on any atom is -0.310 e. The second kappa shape index (κ2) is 5.56. The van der Waals surface area contributed by atoms with Crippen LogP contribution in [-0.4, -0.2) is 15.5 Å². The van der Waals surface area contributed by atoms with Crippen molar-refractivity contribution in [2.24, 2.45) is 0 Å². The molecule has 1 aromatic heterocycles. The fraction of sp³-hybridized carbons (Fsp3) is 0.111. The summed E-state index contributed by atoms with van der Waals surface area (Å²) in [5.41, 5.74) is 2.03. The van der Waals surface area contributed by atoms with Crippen molar-refractivity contribution in [2.75, 3.05) is 5.32 Å². The monoisotopic (exact) mass is 325 g/mol. The van der Waals surface area contributed by atoms with E-state index < -0.39 is 17.6 Å². The van der Waals surface area contributed by atoms with Gasteiger partial charge in [-0.15, -0.1) is 0 Å². The Kier molecular flexibility index (Phi) is 3.37. The molecule has 1 N–H and O–H groups in total. The van der Waals surface area contributed by atoms with Crippen molar-refractivity contribution >= 4 is 11.7 Å². The molecule has 120 valence electrons. The summed E-state index contributed by atoms with van der Waals surface area (Å²) in [6.07, 6.45) is 1.77. The van der Waals surface area contributed by atoms with Crippen LogP contribution in [0.15, 0.2) is 54.9 Å². The lowest BCUT2D eigenvalue weighted by Gasteiger charge is -2.23. The van der Waals surface area contributed by atoms with E-state index in [1.807, 2.05) is 30.3 Å². The number of anilines is 1. The zero-order valence-corrected chi connectivity index (χ0v) is 12.5. The summed E-state index contributed by atoms with van der Waals surface area (Å²) < 4.78 is 28.5. The first-order valence-corrected chi connectivity index (χ1v) is 7.51. The normalized spacial score (nSPS) is 16.6. The van der Waals surface area contributed by atoms with Crippen LogP contribution in [0.3, 0.4) is 0 Å². The van der Waals surface area contributed by atoms with E-state index in [9.17, 15) is 13.6 Å². The van der Waals surface area contributed by atoms with Crippen LogP contribution in [0, 0.1) is 11.6 Å². The molecule has 0 unspecified atom stereocenters. The predicted octanol–water partition coefficient (Wildman–Crippen LogP) is 3.62. The quantitative estimate of drug-likeness (QED) is 0.782. The van der Waals surface area contributed by atoms with E-state index in [1.165, 1.54) is 6.07 Å². The summed E-state index contributed by atoms with van der Waals surface area (Å²) in [6.45, 7) is 0. The molecule has 0 fully saturated rings. The number of nitrogens with one attached hydrogen (secondary N) is 1. The van der Waals surface area contributed by atoms with Crippen LogP contribution in [0.5, 0.6) is 0 Å². The molecule has 2 heterocycles. The largest absolute Gasteiger partial charge is 0.310 e. The number of aromatic nitrogens is 2. The Morgan fingerprint density at radius 1 is 1.08 bits per heavy atom. The van der Waals surface area contributed by atoms with Gasteiger partial charge in [0.25, 0.3) is 0 Å². The van der Waals surface area contributed by atoms with E-state index >= 15 is 0 Å². The van der Waals surface area contributed by atoms with E-state index in [4.69, 9.17) is 0 Å². The highest BCUT2D eigenvalue weighted by Crippen LogP contribution is 2.37. The smallest absolute Gasteiger partial charge is 0.226 e. The number of halogens is 2. The lowest BCUT2D eigenvalue weighted by atomic mass is 9.89. The average molecular weight is 325 g/mol. The molecule has 4 rings (SSSR count). The summed E-state index contributed by atoms with van der Waals surface area (Å²) in [7, 11) is 0. The molecule has 0 bridgehead atoms. The molecule has 2 aromatic carbocycles. The van der Waals surface area contributed by atoms with Gasteiger partial charge < -0.3 is 5.32 Å².